The topological polar surface area (TPSA) is 76.6 Å². The summed E-state index contributed by atoms with van der Waals surface area (Å²) in [4.78, 5) is 25.3. The Balaban J connectivity index is 1.58. The van der Waals surface area contributed by atoms with Crippen LogP contribution in [0, 0.1) is 24.0 Å². The number of carbonyl (C=O) groups is 1. The highest BCUT2D eigenvalue weighted by Gasteiger charge is 2.33. The first kappa shape index (κ1) is 20.1. The van der Waals surface area contributed by atoms with Gasteiger partial charge in [-0.1, -0.05) is 30.0 Å². The van der Waals surface area contributed by atoms with Crippen molar-refractivity contribution in [1.82, 2.24) is 0 Å². The maximum absolute atomic E-state index is 12.9. The zero-order chi connectivity index (χ0) is 21.4. The Hall–Kier alpha value is -3.23. The SMILES string of the molecule is Cc1ccc(N2C(=O)/C(=C\c3ccc(-c4ccc([N+](=O)[O-])cc4)o3)SC2=S)cc1C. The summed E-state index contributed by atoms with van der Waals surface area (Å²) in [6, 6.07) is 15.4. The summed E-state index contributed by atoms with van der Waals surface area (Å²) in [5.41, 5.74) is 3.71. The van der Waals surface area contributed by atoms with Gasteiger partial charge in [0.2, 0.25) is 0 Å². The van der Waals surface area contributed by atoms with Gasteiger partial charge in [0.15, 0.2) is 4.32 Å². The van der Waals surface area contributed by atoms with E-state index >= 15 is 0 Å². The maximum atomic E-state index is 12.9. The third kappa shape index (κ3) is 3.79. The standard InChI is InChI=1S/C22H16N2O4S2/c1-13-3-6-17(11-14(13)2)23-21(25)20(30-22(23)29)12-18-9-10-19(28-18)15-4-7-16(8-5-15)24(26)27/h3-12H,1-2H3/b20-12+. The molecule has 0 N–H and O–H groups in total. The second kappa shape index (κ2) is 7.89. The predicted molar refractivity (Wildman–Crippen MR) is 122 cm³/mol. The van der Waals surface area contributed by atoms with Crippen molar-refractivity contribution < 1.29 is 14.1 Å². The Morgan fingerprint density at radius 3 is 2.47 bits per heavy atom. The molecule has 2 aromatic carbocycles. The van der Waals surface area contributed by atoms with Crippen LogP contribution < -0.4 is 4.90 Å². The van der Waals surface area contributed by atoms with Crippen LogP contribution in [0.2, 0.25) is 0 Å². The van der Waals surface area contributed by atoms with Crippen LogP contribution >= 0.6 is 24.0 Å². The van der Waals surface area contributed by atoms with E-state index in [0.717, 1.165) is 16.8 Å². The molecule has 1 fully saturated rings. The summed E-state index contributed by atoms with van der Waals surface area (Å²) in [7, 11) is 0. The number of hydrogen-bond acceptors (Lipinski definition) is 6. The molecule has 0 unspecified atom stereocenters. The van der Waals surface area contributed by atoms with E-state index in [-0.39, 0.29) is 11.6 Å². The fourth-order valence-electron chi connectivity index (χ4n) is 3.02. The van der Waals surface area contributed by atoms with Crippen molar-refractivity contribution in [2.24, 2.45) is 0 Å². The quantitative estimate of drug-likeness (QED) is 0.220. The lowest BCUT2D eigenvalue weighted by Crippen LogP contribution is -2.27. The number of carbonyl (C=O) groups excluding carboxylic acids is 1. The lowest BCUT2D eigenvalue weighted by molar-refractivity contribution is -0.384. The third-order valence-electron chi connectivity index (χ3n) is 4.81. The smallest absolute Gasteiger partial charge is 0.270 e. The number of hydrogen-bond donors (Lipinski definition) is 0. The largest absolute Gasteiger partial charge is 0.457 e. The van der Waals surface area contributed by atoms with Gasteiger partial charge >= 0.3 is 0 Å². The number of furan rings is 1. The zero-order valence-corrected chi connectivity index (χ0v) is 17.8. The molecule has 0 saturated carbocycles. The monoisotopic (exact) mass is 436 g/mol. The number of benzene rings is 2. The van der Waals surface area contributed by atoms with Crippen LogP contribution in [0.4, 0.5) is 11.4 Å². The van der Waals surface area contributed by atoms with Crippen LogP contribution in [0.1, 0.15) is 16.9 Å². The molecule has 1 saturated heterocycles. The number of thioether (sulfide) groups is 1. The molecule has 1 amide bonds. The number of thiocarbonyl (C=S) groups is 1. The highest BCUT2D eigenvalue weighted by Crippen LogP contribution is 2.37. The van der Waals surface area contributed by atoms with Gasteiger partial charge in [-0.2, -0.15) is 0 Å². The predicted octanol–water partition coefficient (Wildman–Crippen LogP) is 5.88. The molecule has 0 spiro atoms. The molecule has 150 valence electrons. The summed E-state index contributed by atoms with van der Waals surface area (Å²) in [5.74, 6) is 0.867. The minimum absolute atomic E-state index is 0.0144. The van der Waals surface area contributed by atoms with E-state index in [1.165, 1.54) is 28.8 Å². The molecule has 6 nitrogen and oxygen atoms in total. The van der Waals surface area contributed by atoms with Gasteiger partial charge in [-0.3, -0.25) is 19.8 Å². The number of rotatable bonds is 4. The first-order valence-corrected chi connectivity index (χ1v) is 10.3. The first-order chi connectivity index (χ1) is 14.3. The molecular formula is C22H16N2O4S2. The highest BCUT2D eigenvalue weighted by atomic mass is 32.2. The number of anilines is 1. The van der Waals surface area contributed by atoms with Gasteiger partial charge < -0.3 is 4.42 Å². The molecule has 8 heteroatoms. The minimum atomic E-state index is -0.450. The number of aryl methyl sites for hydroxylation is 2. The van der Waals surface area contributed by atoms with E-state index in [0.29, 0.717) is 26.3 Å². The Bertz CT molecular complexity index is 1210. The van der Waals surface area contributed by atoms with E-state index in [9.17, 15) is 14.9 Å². The lowest BCUT2D eigenvalue weighted by Gasteiger charge is -2.15. The number of nitro benzene ring substituents is 1. The van der Waals surface area contributed by atoms with Crippen molar-refractivity contribution in [1.29, 1.82) is 0 Å². The summed E-state index contributed by atoms with van der Waals surface area (Å²) in [5, 5.41) is 10.8. The second-order valence-corrected chi connectivity index (χ2v) is 8.47. The van der Waals surface area contributed by atoms with Crippen LogP contribution in [0.25, 0.3) is 17.4 Å². The molecule has 0 aliphatic carbocycles. The second-order valence-electron chi connectivity index (χ2n) is 6.79. The minimum Gasteiger partial charge on any atom is -0.457 e. The van der Waals surface area contributed by atoms with Gasteiger partial charge in [-0.15, -0.1) is 0 Å². The average molecular weight is 437 g/mol. The van der Waals surface area contributed by atoms with Gasteiger partial charge in [-0.05, 0) is 61.4 Å². The van der Waals surface area contributed by atoms with E-state index in [4.69, 9.17) is 16.6 Å². The maximum Gasteiger partial charge on any atom is 0.270 e. The molecular weight excluding hydrogens is 420 g/mol. The van der Waals surface area contributed by atoms with Gasteiger partial charge in [-0.25, -0.2) is 0 Å². The van der Waals surface area contributed by atoms with Crippen molar-refractivity contribution in [3.63, 3.8) is 0 Å². The normalized spacial score (nSPS) is 15.3. The van der Waals surface area contributed by atoms with Gasteiger partial charge in [0.25, 0.3) is 11.6 Å². The molecule has 0 atom stereocenters. The van der Waals surface area contributed by atoms with Crippen LogP contribution in [0.3, 0.4) is 0 Å². The van der Waals surface area contributed by atoms with Crippen LogP contribution in [-0.4, -0.2) is 15.2 Å². The molecule has 0 radical (unpaired) electrons. The fourth-order valence-corrected chi connectivity index (χ4v) is 4.30. The molecule has 30 heavy (non-hydrogen) atoms. The van der Waals surface area contributed by atoms with Crippen molar-refractivity contribution in [2.45, 2.75) is 13.8 Å². The highest BCUT2D eigenvalue weighted by molar-refractivity contribution is 8.27. The fraction of sp³-hybridized carbons (Fsp3) is 0.0909. The molecule has 1 aromatic heterocycles. The number of nitrogens with zero attached hydrogens (tertiary/aromatic N) is 2. The summed E-state index contributed by atoms with van der Waals surface area (Å²) in [6.07, 6.45) is 1.66. The molecule has 3 aromatic rings. The number of nitro groups is 1. The van der Waals surface area contributed by atoms with Gasteiger partial charge in [0.05, 0.1) is 15.5 Å². The number of amides is 1. The van der Waals surface area contributed by atoms with E-state index in [1.54, 1.807) is 30.3 Å². The summed E-state index contributed by atoms with van der Waals surface area (Å²) >= 11 is 6.65. The van der Waals surface area contributed by atoms with Crippen LogP contribution in [-0.2, 0) is 4.79 Å². The molecule has 0 bridgehead atoms. The van der Waals surface area contributed by atoms with Crippen molar-refractivity contribution >= 4 is 51.7 Å². The van der Waals surface area contributed by atoms with E-state index in [1.807, 2.05) is 32.0 Å². The molecule has 1 aliphatic rings. The van der Waals surface area contributed by atoms with Crippen molar-refractivity contribution in [2.75, 3.05) is 4.90 Å². The Labute approximate surface area is 182 Å². The average Bonchev–Trinajstić information content (AvgIpc) is 3.29. The molecule has 4 rings (SSSR count). The van der Waals surface area contributed by atoms with Gasteiger partial charge in [0, 0.05) is 23.8 Å². The first-order valence-electron chi connectivity index (χ1n) is 9.03. The van der Waals surface area contributed by atoms with Crippen molar-refractivity contribution in [3.8, 4) is 11.3 Å². The van der Waals surface area contributed by atoms with Crippen LogP contribution in [0.15, 0.2) is 63.9 Å². The zero-order valence-electron chi connectivity index (χ0n) is 16.1. The van der Waals surface area contributed by atoms with Gasteiger partial charge in [0.1, 0.15) is 11.5 Å². The van der Waals surface area contributed by atoms with Crippen LogP contribution in [0.5, 0.6) is 0 Å². The summed E-state index contributed by atoms with van der Waals surface area (Å²) < 4.78 is 6.29. The summed E-state index contributed by atoms with van der Waals surface area (Å²) in [6.45, 7) is 4.01. The van der Waals surface area contributed by atoms with Crippen molar-refractivity contribution in [3.05, 3.63) is 86.5 Å². The third-order valence-corrected chi connectivity index (χ3v) is 6.11. The molecule has 2 heterocycles. The van der Waals surface area contributed by atoms with E-state index in [2.05, 4.69) is 0 Å². The molecule has 1 aliphatic heterocycles. The lowest BCUT2D eigenvalue weighted by atomic mass is 10.1. The van der Waals surface area contributed by atoms with E-state index < -0.39 is 4.92 Å². The Morgan fingerprint density at radius 1 is 1.07 bits per heavy atom. The Kier molecular flexibility index (Phi) is 5.27. The number of non-ortho nitro benzene ring substituents is 1. The Morgan fingerprint density at radius 2 is 1.80 bits per heavy atom.